The minimum Gasteiger partial charge on any atom is -0.496 e. The number of methoxy groups -OCH3 is 1. The highest BCUT2D eigenvalue weighted by atomic mass is 35.5. The SMILES string of the molecule is COc1ccc(/C=c2\sc3n(c2=O)C(c2ccccc2)C(C(=O)Nc2ccccc2C)=C(C)N=3)cc1COc1c(Cl)cc(Cl)cc1Cl. The van der Waals surface area contributed by atoms with Gasteiger partial charge >= 0.3 is 0 Å². The highest BCUT2D eigenvalue weighted by Gasteiger charge is 2.32. The number of aryl methyl sites for hydroxylation is 1. The molecule has 47 heavy (non-hydrogen) atoms. The van der Waals surface area contributed by atoms with E-state index in [0.717, 1.165) is 16.7 Å². The van der Waals surface area contributed by atoms with Crippen molar-refractivity contribution < 1.29 is 14.3 Å². The highest BCUT2D eigenvalue weighted by molar-refractivity contribution is 7.07. The van der Waals surface area contributed by atoms with Crippen molar-refractivity contribution in [3.05, 3.63) is 153 Å². The molecule has 0 saturated heterocycles. The lowest BCUT2D eigenvalue weighted by Crippen LogP contribution is -2.40. The van der Waals surface area contributed by atoms with E-state index in [2.05, 4.69) is 5.32 Å². The van der Waals surface area contributed by atoms with Crippen LogP contribution in [0.5, 0.6) is 11.5 Å². The van der Waals surface area contributed by atoms with Crippen molar-refractivity contribution in [2.24, 2.45) is 4.99 Å². The van der Waals surface area contributed by atoms with Gasteiger partial charge in [-0.2, -0.15) is 0 Å². The molecule has 4 aromatic carbocycles. The molecule has 0 radical (unpaired) electrons. The number of rotatable bonds is 8. The van der Waals surface area contributed by atoms with Crippen LogP contribution in [0.15, 0.2) is 106 Å². The Labute approximate surface area is 290 Å². The summed E-state index contributed by atoms with van der Waals surface area (Å²) in [6.07, 6.45) is 1.80. The maximum absolute atomic E-state index is 14.1. The van der Waals surface area contributed by atoms with E-state index in [9.17, 15) is 9.59 Å². The second kappa shape index (κ2) is 13.8. The number of anilines is 1. The molecule has 1 aliphatic heterocycles. The Morgan fingerprint density at radius 3 is 2.38 bits per heavy atom. The van der Waals surface area contributed by atoms with Gasteiger partial charge in [0.2, 0.25) is 0 Å². The molecule has 7 nitrogen and oxygen atoms in total. The third-order valence-electron chi connectivity index (χ3n) is 7.71. The molecule has 1 aromatic heterocycles. The topological polar surface area (TPSA) is 81.9 Å². The van der Waals surface area contributed by atoms with E-state index in [1.54, 1.807) is 42.9 Å². The van der Waals surface area contributed by atoms with Crippen LogP contribution in [0, 0.1) is 6.92 Å². The first-order chi connectivity index (χ1) is 22.6. The van der Waals surface area contributed by atoms with Crippen molar-refractivity contribution >= 4 is 63.8 Å². The number of amides is 1. The second-order valence-corrected chi connectivity index (χ2v) is 13.1. The van der Waals surface area contributed by atoms with E-state index in [1.807, 2.05) is 73.7 Å². The van der Waals surface area contributed by atoms with Crippen molar-refractivity contribution in [2.75, 3.05) is 12.4 Å². The van der Waals surface area contributed by atoms with Crippen LogP contribution >= 0.6 is 46.1 Å². The fourth-order valence-corrected chi connectivity index (χ4v) is 7.41. The van der Waals surface area contributed by atoms with Crippen LogP contribution in [0.3, 0.4) is 0 Å². The van der Waals surface area contributed by atoms with Gasteiger partial charge in [-0.05, 0) is 66.9 Å². The minimum atomic E-state index is -0.674. The zero-order valence-corrected chi connectivity index (χ0v) is 28.6. The molecule has 1 amide bonds. The van der Waals surface area contributed by atoms with Gasteiger partial charge in [0.25, 0.3) is 11.5 Å². The quantitative estimate of drug-likeness (QED) is 0.179. The highest BCUT2D eigenvalue weighted by Crippen LogP contribution is 2.37. The van der Waals surface area contributed by atoms with Crippen LogP contribution < -0.4 is 29.7 Å². The molecule has 5 aromatic rings. The zero-order valence-electron chi connectivity index (χ0n) is 25.5. The molecule has 2 heterocycles. The summed E-state index contributed by atoms with van der Waals surface area (Å²) in [5.74, 6) is 0.579. The number of nitrogens with one attached hydrogen (secondary N) is 1. The lowest BCUT2D eigenvalue weighted by molar-refractivity contribution is -0.113. The Hall–Kier alpha value is -4.34. The largest absolute Gasteiger partial charge is 0.496 e. The number of para-hydroxylation sites is 1. The fourth-order valence-electron chi connectivity index (χ4n) is 5.43. The Morgan fingerprint density at radius 1 is 0.979 bits per heavy atom. The zero-order chi connectivity index (χ0) is 33.2. The summed E-state index contributed by atoms with van der Waals surface area (Å²) in [5.41, 5.74) is 4.57. The van der Waals surface area contributed by atoms with Gasteiger partial charge in [-0.3, -0.25) is 14.2 Å². The first-order valence-electron chi connectivity index (χ1n) is 14.5. The van der Waals surface area contributed by atoms with E-state index in [4.69, 9.17) is 49.3 Å². The van der Waals surface area contributed by atoms with Crippen molar-refractivity contribution in [1.82, 2.24) is 4.57 Å². The number of aromatic nitrogens is 1. The van der Waals surface area contributed by atoms with Crippen LogP contribution in [0.4, 0.5) is 5.69 Å². The number of thiazole rings is 1. The number of carbonyl (C=O) groups excluding carboxylic acids is 1. The Kier molecular flexibility index (Phi) is 9.57. The number of halogens is 3. The van der Waals surface area contributed by atoms with E-state index >= 15 is 0 Å². The lowest BCUT2D eigenvalue weighted by Gasteiger charge is -2.25. The number of carbonyl (C=O) groups is 1. The van der Waals surface area contributed by atoms with E-state index in [-0.39, 0.29) is 28.1 Å². The van der Waals surface area contributed by atoms with Crippen LogP contribution in [0.1, 0.15) is 35.2 Å². The molecular formula is C36H28Cl3N3O4S. The van der Waals surface area contributed by atoms with Gasteiger partial charge in [0, 0.05) is 16.3 Å². The maximum Gasteiger partial charge on any atom is 0.271 e. The number of hydrogen-bond donors (Lipinski definition) is 1. The standard InChI is InChI=1S/C36H28Cl3N3O4S/c1-20-9-7-8-12-28(20)41-34(43)31-21(2)40-36-42(32(31)23-10-5-4-6-11-23)35(44)30(47-36)16-22-13-14-29(45-3)24(15-22)19-46-33-26(38)17-25(37)18-27(33)39/h4-18,32H,19H2,1-3H3,(H,41,43)/b30-16-. The monoisotopic (exact) mass is 703 g/mol. The summed E-state index contributed by atoms with van der Waals surface area (Å²) in [5, 5.41) is 4.01. The first-order valence-corrected chi connectivity index (χ1v) is 16.5. The van der Waals surface area contributed by atoms with Gasteiger partial charge < -0.3 is 14.8 Å². The first kappa shape index (κ1) is 32.6. The fraction of sp³-hybridized carbons (Fsp3) is 0.139. The van der Waals surface area contributed by atoms with Crippen molar-refractivity contribution in [2.45, 2.75) is 26.5 Å². The number of allylic oxidation sites excluding steroid dienone is 1. The molecular weight excluding hydrogens is 677 g/mol. The molecule has 1 unspecified atom stereocenters. The van der Waals surface area contributed by atoms with Crippen LogP contribution in [0.25, 0.3) is 6.08 Å². The molecule has 6 rings (SSSR count). The summed E-state index contributed by atoms with van der Waals surface area (Å²) in [6, 6.07) is 25.0. The number of benzene rings is 4. The van der Waals surface area contributed by atoms with Gasteiger partial charge in [-0.1, -0.05) is 101 Å². The smallest absolute Gasteiger partial charge is 0.271 e. The molecule has 0 spiro atoms. The van der Waals surface area contributed by atoms with Gasteiger partial charge in [0.15, 0.2) is 10.6 Å². The Morgan fingerprint density at radius 2 is 1.68 bits per heavy atom. The summed E-state index contributed by atoms with van der Waals surface area (Å²) >= 11 is 19.9. The van der Waals surface area contributed by atoms with Crippen molar-refractivity contribution in [3.8, 4) is 11.5 Å². The lowest BCUT2D eigenvalue weighted by atomic mass is 9.95. The van der Waals surface area contributed by atoms with Crippen molar-refractivity contribution in [1.29, 1.82) is 0 Å². The molecule has 1 N–H and O–H groups in total. The van der Waals surface area contributed by atoms with Gasteiger partial charge in [0.05, 0.1) is 39.0 Å². The average molecular weight is 705 g/mol. The molecule has 0 aliphatic carbocycles. The summed E-state index contributed by atoms with van der Waals surface area (Å²) < 4.78 is 13.6. The van der Waals surface area contributed by atoms with E-state index in [0.29, 0.717) is 48.4 Å². The maximum atomic E-state index is 14.1. The third-order valence-corrected chi connectivity index (χ3v) is 9.47. The van der Waals surface area contributed by atoms with Crippen molar-refractivity contribution in [3.63, 3.8) is 0 Å². The predicted octanol–water partition coefficient (Wildman–Crippen LogP) is 7.73. The number of ether oxygens (including phenoxy) is 2. The molecule has 0 fully saturated rings. The number of fused-ring (bicyclic) bond motifs is 1. The normalized spacial score (nSPS) is 14.4. The molecule has 0 saturated carbocycles. The van der Waals surface area contributed by atoms with Crippen LogP contribution in [0.2, 0.25) is 15.1 Å². The van der Waals surface area contributed by atoms with Crippen LogP contribution in [-0.4, -0.2) is 17.6 Å². The summed E-state index contributed by atoms with van der Waals surface area (Å²) in [6.45, 7) is 3.83. The molecule has 238 valence electrons. The molecule has 0 bridgehead atoms. The van der Waals surface area contributed by atoms with E-state index in [1.165, 1.54) is 11.3 Å². The second-order valence-electron chi connectivity index (χ2n) is 10.8. The number of hydrogen-bond acceptors (Lipinski definition) is 6. The van der Waals surface area contributed by atoms with Gasteiger partial charge in [-0.15, -0.1) is 0 Å². The minimum absolute atomic E-state index is 0.0970. The number of nitrogens with zero attached hydrogens (tertiary/aromatic N) is 2. The molecule has 1 aliphatic rings. The molecule has 1 atom stereocenters. The van der Waals surface area contributed by atoms with Gasteiger partial charge in [-0.25, -0.2) is 4.99 Å². The Bertz CT molecular complexity index is 2210. The Balaban J connectivity index is 1.39. The van der Waals surface area contributed by atoms with E-state index < -0.39 is 6.04 Å². The molecule has 11 heteroatoms. The van der Waals surface area contributed by atoms with Gasteiger partial charge in [0.1, 0.15) is 12.4 Å². The predicted molar refractivity (Wildman–Crippen MR) is 189 cm³/mol. The average Bonchev–Trinajstić information content (AvgIpc) is 3.35. The third kappa shape index (κ3) is 6.73. The summed E-state index contributed by atoms with van der Waals surface area (Å²) in [7, 11) is 1.57. The van der Waals surface area contributed by atoms with Crippen LogP contribution in [-0.2, 0) is 11.4 Å². The summed E-state index contributed by atoms with van der Waals surface area (Å²) in [4.78, 5) is 33.3.